The lowest BCUT2D eigenvalue weighted by atomic mass is 9.84. The molecule has 0 saturated carbocycles. The lowest BCUT2D eigenvalue weighted by molar-refractivity contribution is 0.946. The number of benzene rings is 6. The van der Waals surface area contributed by atoms with Crippen LogP contribution in [0.3, 0.4) is 0 Å². The lowest BCUT2D eigenvalue weighted by Crippen LogP contribution is -2.05. The second-order valence-corrected chi connectivity index (χ2v) is 16.6. The highest BCUT2D eigenvalue weighted by atomic mass is 15.0. The SMILES string of the molecule is Cc1cc(-c2ccc3c(c2)c2cc4c(cc2n3-c2cccnc2)-c2cc3c(cc2CC4)c2cc(-c4cc(C)c(C)c(C)c4)ccc2n3-c2cccnc2)cc(C)c1C. The van der Waals surface area contributed by atoms with Gasteiger partial charge in [-0.25, -0.2) is 0 Å². The van der Waals surface area contributed by atoms with Gasteiger partial charge in [0.05, 0.1) is 45.8 Å². The molecular formula is C54H44N4. The second kappa shape index (κ2) is 12.9. The number of nitrogens with zero attached hydrogens (tertiary/aromatic N) is 4. The van der Waals surface area contributed by atoms with Crippen molar-refractivity contribution in [1.29, 1.82) is 0 Å². The first-order valence-electron chi connectivity index (χ1n) is 20.4. The highest BCUT2D eigenvalue weighted by Crippen LogP contribution is 2.45. The van der Waals surface area contributed by atoms with Crippen molar-refractivity contribution in [2.24, 2.45) is 0 Å². The first-order valence-corrected chi connectivity index (χ1v) is 20.4. The predicted octanol–water partition coefficient (Wildman–Crippen LogP) is 13.6. The quantitative estimate of drug-likeness (QED) is 0.180. The van der Waals surface area contributed by atoms with Crippen molar-refractivity contribution in [1.82, 2.24) is 19.1 Å². The highest BCUT2D eigenvalue weighted by molar-refractivity contribution is 6.14. The van der Waals surface area contributed by atoms with Gasteiger partial charge in [-0.3, -0.25) is 9.97 Å². The minimum Gasteiger partial charge on any atom is -0.308 e. The third-order valence-corrected chi connectivity index (χ3v) is 13.3. The van der Waals surface area contributed by atoms with E-state index in [2.05, 4.69) is 158 Å². The fraction of sp³-hybridized carbons (Fsp3) is 0.148. The maximum atomic E-state index is 4.57. The molecule has 1 aliphatic carbocycles. The number of rotatable bonds is 4. The Labute approximate surface area is 339 Å². The summed E-state index contributed by atoms with van der Waals surface area (Å²) in [7, 11) is 0. The first kappa shape index (κ1) is 34.5. The summed E-state index contributed by atoms with van der Waals surface area (Å²) in [5.74, 6) is 0. The largest absolute Gasteiger partial charge is 0.308 e. The van der Waals surface area contributed by atoms with E-state index in [4.69, 9.17) is 0 Å². The van der Waals surface area contributed by atoms with Crippen LogP contribution < -0.4 is 0 Å². The molecule has 0 fully saturated rings. The van der Waals surface area contributed by atoms with Crippen LogP contribution in [0.5, 0.6) is 0 Å². The summed E-state index contributed by atoms with van der Waals surface area (Å²) < 4.78 is 4.81. The first-order chi connectivity index (χ1) is 28.2. The van der Waals surface area contributed by atoms with E-state index in [0.717, 1.165) is 24.2 Å². The molecule has 4 nitrogen and oxygen atoms in total. The topological polar surface area (TPSA) is 35.6 Å². The molecule has 4 heterocycles. The number of hydrogen-bond acceptors (Lipinski definition) is 2. The van der Waals surface area contributed by atoms with Crippen molar-refractivity contribution in [3.05, 3.63) is 178 Å². The molecule has 58 heavy (non-hydrogen) atoms. The molecule has 0 atom stereocenters. The second-order valence-electron chi connectivity index (χ2n) is 16.6. The molecule has 0 saturated heterocycles. The zero-order valence-electron chi connectivity index (χ0n) is 33.9. The van der Waals surface area contributed by atoms with Gasteiger partial charge >= 0.3 is 0 Å². The Balaban J connectivity index is 1.15. The van der Waals surface area contributed by atoms with Crippen LogP contribution in [0, 0.1) is 41.5 Å². The third-order valence-electron chi connectivity index (χ3n) is 13.3. The summed E-state index contributed by atoms with van der Waals surface area (Å²) in [5, 5.41) is 5.09. The Morgan fingerprint density at radius 2 is 0.793 bits per heavy atom. The lowest BCUT2D eigenvalue weighted by Gasteiger charge is -2.21. The van der Waals surface area contributed by atoms with Crippen LogP contribution in [0.1, 0.15) is 44.5 Å². The minimum atomic E-state index is 0.994. The van der Waals surface area contributed by atoms with Crippen molar-refractivity contribution in [2.75, 3.05) is 0 Å². The molecule has 0 radical (unpaired) electrons. The molecule has 280 valence electrons. The van der Waals surface area contributed by atoms with E-state index in [1.54, 1.807) is 0 Å². The van der Waals surface area contributed by atoms with Crippen LogP contribution in [0.25, 0.3) is 88.4 Å². The minimum absolute atomic E-state index is 0.994. The Bertz CT molecular complexity index is 3060. The average molecular weight is 749 g/mol. The van der Waals surface area contributed by atoms with Crippen LogP contribution in [-0.2, 0) is 12.8 Å². The van der Waals surface area contributed by atoms with Gasteiger partial charge in [-0.05, 0) is 205 Å². The summed E-state index contributed by atoms with van der Waals surface area (Å²) in [6.45, 7) is 13.3. The van der Waals surface area contributed by atoms with Gasteiger partial charge in [0, 0.05) is 33.9 Å². The van der Waals surface area contributed by atoms with Gasteiger partial charge in [0.25, 0.3) is 0 Å². The maximum Gasteiger partial charge on any atom is 0.0645 e. The molecule has 0 bridgehead atoms. The van der Waals surface area contributed by atoms with E-state index in [-0.39, 0.29) is 0 Å². The average Bonchev–Trinajstić information content (AvgIpc) is 3.74. The number of aromatic nitrogens is 4. The monoisotopic (exact) mass is 748 g/mol. The van der Waals surface area contributed by atoms with Crippen LogP contribution in [-0.4, -0.2) is 19.1 Å². The van der Waals surface area contributed by atoms with Gasteiger partial charge in [-0.15, -0.1) is 0 Å². The summed E-state index contributed by atoms with van der Waals surface area (Å²) in [4.78, 5) is 9.15. The standard InChI is InChI=1S/C54H44N4/c1-31-19-41(20-32(2)35(31)5)37-13-15-51-47(23-37)49-25-39-11-12-40-26-50-48-24-38(42-21-33(3)36(6)34(4)22-42)14-16-52(48)58(44-10-8-18-56-30-44)54(50)28-46(40)45(39)27-53(49)57(51)43-9-7-17-55-29-43/h7-10,13-30H,11-12H2,1-6H3. The Morgan fingerprint density at radius 3 is 1.17 bits per heavy atom. The van der Waals surface area contributed by atoms with Crippen LogP contribution in [0.15, 0.2) is 134 Å². The highest BCUT2D eigenvalue weighted by Gasteiger charge is 2.24. The van der Waals surface area contributed by atoms with Crippen molar-refractivity contribution in [3.63, 3.8) is 0 Å². The van der Waals surface area contributed by atoms with E-state index < -0.39 is 0 Å². The van der Waals surface area contributed by atoms with Gasteiger partial charge in [-0.2, -0.15) is 0 Å². The van der Waals surface area contributed by atoms with Crippen molar-refractivity contribution < 1.29 is 0 Å². The number of aryl methyl sites for hydroxylation is 6. The van der Waals surface area contributed by atoms with Crippen molar-refractivity contribution in [2.45, 2.75) is 54.4 Å². The molecule has 0 unspecified atom stereocenters. The van der Waals surface area contributed by atoms with Gasteiger partial charge in [0.2, 0.25) is 0 Å². The van der Waals surface area contributed by atoms with Crippen LogP contribution in [0.4, 0.5) is 0 Å². The number of pyridine rings is 2. The Morgan fingerprint density at radius 1 is 0.397 bits per heavy atom. The molecule has 6 aromatic carbocycles. The van der Waals surface area contributed by atoms with Gasteiger partial charge in [-0.1, -0.05) is 36.4 Å². The van der Waals surface area contributed by atoms with E-state index in [9.17, 15) is 0 Å². The van der Waals surface area contributed by atoms with E-state index >= 15 is 0 Å². The number of fused-ring (bicyclic) bond motifs is 9. The fourth-order valence-electron chi connectivity index (χ4n) is 9.70. The molecule has 11 rings (SSSR count). The zero-order chi connectivity index (χ0) is 39.4. The molecule has 4 aromatic heterocycles. The maximum absolute atomic E-state index is 4.57. The van der Waals surface area contributed by atoms with Crippen LogP contribution >= 0.6 is 0 Å². The van der Waals surface area contributed by atoms with Gasteiger partial charge in [0.1, 0.15) is 0 Å². The third kappa shape index (κ3) is 5.21. The zero-order valence-corrected chi connectivity index (χ0v) is 33.9. The van der Waals surface area contributed by atoms with Crippen LogP contribution in [0.2, 0.25) is 0 Å². The summed E-state index contributed by atoms with van der Waals surface area (Å²) in [6, 6.07) is 41.6. The normalized spacial score (nSPS) is 12.5. The predicted molar refractivity (Wildman–Crippen MR) is 243 cm³/mol. The van der Waals surface area contributed by atoms with E-state index in [1.807, 2.05) is 36.9 Å². The molecule has 0 N–H and O–H groups in total. The smallest absolute Gasteiger partial charge is 0.0645 e. The van der Waals surface area contributed by atoms with E-state index in [1.165, 1.54) is 122 Å². The summed E-state index contributed by atoms with van der Waals surface area (Å²) in [5.41, 5.74) is 25.4. The van der Waals surface area contributed by atoms with Gasteiger partial charge in [0.15, 0.2) is 0 Å². The Kier molecular flexibility index (Phi) is 7.65. The molecule has 10 aromatic rings. The van der Waals surface area contributed by atoms with E-state index in [0.29, 0.717) is 0 Å². The summed E-state index contributed by atoms with van der Waals surface area (Å²) in [6.07, 6.45) is 9.66. The molecule has 0 amide bonds. The molecule has 4 heteroatoms. The van der Waals surface area contributed by atoms with Crippen molar-refractivity contribution in [3.8, 4) is 44.8 Å². The summed E-state index contributed by atoms with van der Waals surface area (Å²) >= 11 is 0. The number of hydrogen-bond donors (Lipinski definition) is 0. The molecule has 1 aliphatic rings. The fourth-order valence-corrected chi connectivity index (χ4v) is 9.70. The van der Waals surface area contributed by atoms with Gasteiger partial charge < -0.3 is 9.13 Å². The Hall–Kier alpha value is -6.78. The molecule has 0 aliphatic heterocycles. The molecule has 0 spiro atoms. The molecular weight excluding hydrogens is 705 g/mol. The van der Waals surface area contributed by atoms with Crippen molar-refractivity contribution >= 4 is 43.6 Å².